The number of carbonyl (C=O) groups excluding carboxylic acids is 2. The van der Waals surface area contributed by atoms with Gasteiger partial charge in [0.25, 0.3) is 0 Å². The van der Waals surface area contributed by atoms with Crippen molar-refractivity contribution >= 4 is 27.5 Å². The Hall–Kier alpha value is -3.17. The van der Waals surface area contributed by atoms with E-state index in [1.54, 1.807) is 48.5 Å². The van der Waals surface area contributed by atoms with E-state index in [1.165, 1.54) is 19.1 Å². The van der Waals surface area contributed by atoms with Gasteiger partial charge in [0.05, 0.1) is 37.0 Å². The number of esters is 2. The molecule has 1 heterocycles. The summed E-state index contributed by atoms with van der Waals surface area (Å²) >= 11 is 0. The first-order valence-electron chi connectivity index (χ1n) is 9.40. The van der Waals surface area contributed by atoms with Crippen molar-refractivity contribution in [3.8, 4) is 0 Å². The molecule has 2 aromatic carbocycles. The molecule has 9 heteroatoms. The molecule has 0 unspecified atom stereocenters. The Morgan fingerprint density at radius 2 is 1.58 bits per heavy atom. The number of benzene rings is 2. The number of sulfone groups is 1. The van der Waals surface area contributed by atoms with Gasteiger partial charge in [0, 0.05) is 5.69 Å². The summed E-state index contributed by atoms with van der Waals surface area (Å²) in [4.78, 5) is 26.2. The standard InChI is InChI=1S/C22H23NO7S/c1-15-4-10-18(11-5-15)31(26,27)13-16-6-8-17(9-7-16)23-14-30-12-19(21(24)28-2)20(23)22(25)29-3/h4-11H,12-14H2,1-3H3. The highest BCUT2D eigenvalue weighted by atomic mass is 32.2. The molecule has 0 spiro atoms. The number of ether oxygens (including phenoxy) is 3. The summed E-state index contributed by atoms with van der Waals surface area (Å²) in [5.74, 6) is -1.56. The van der Waals surface area contributed by atoms with Crippen molar-refractivity contribution in [3.05, 3.63) is 70.9 Å². The first-order chi connectivity index (χ1) is 14.8. The largest absolute Gasteiger partial charge is 0.466 e. The molecule has 0 amide bonds. The minimum absolute atomic E-state index is 0.0198. The zero-order valence-corrected chi connectivity index (χ0v) is 18.3. The second kappa shape index (κ2) is 9.32. The molecule has 0 bridgehead atoms. The maximum Gasteiger partial charge on any atom is 0.355 e. The molecule has 1 aliphatic heterocycles. The third-order valence-electron chi connectivity index (χ3n) is 4.82. The Morgan fingerprint density at radius 3 is 2.16 bits per heavy atom. The van der Waals surface area contributed by atoms with Crippen LogP contribution < -0.4 is 4.90 Å². The lowest BCUT2D eigenvalue weighted by Gasteiger charge is -2.31. The van der Waals surface area contributed by atoms with E-state index in [9.17, 15) is 18.0 Å². The zero-order valence-electron chi connectivity index (χ0n) is 17.5. The molecule has 3 rings (SSSR count). The fraction of sp³-hybridized carbons (Fsp3) is 0.273. The Morgan fingerprint density at radius 1 is 0.968 bits per heavy atom. The molecule has 0 aliphatic carbocycles. The fourth-order valence-electron chi connectivity index (χ4n) is 3.17. The van der Waals surface area contributed by atoms with E-state index >= 15 is 0 Å². The van der Waals surface area contributed by atoms with E-state index in [-0.39, 0.29) is 35.3 Å². The van der Waals surface area contributed by atoms with Gasteiger partial charge < -0.3 is 19.1 Å². The molecule has 0 saturated heterocycles. The van der Waals surface area contributed by atoms with E-state index in [0.29, 0.717) is 11.3 Å². The second-order valence-electron chi connectivity index (χ2n) is 6.95. The maximum absolute atomic E-state index is 12.7. The van der Waals surface area contributed by atoms with Crippen molar-refractivity contribution in [3.63, 3.8) is 0 Å². The normalized spacial score (nSPS) is 14.4. The molecular weight excluding hydrogens is 422 g/mol. The zero-order chi connectivity index (χ0) is 22.6. The predicted molar refractivity (Wildman–Crippen MR) is 113 cm³/mol. The molecule has 0 radical (unpaired) electrons. The minimum atomic E-state index is -3.50. The minimum Gasteiger partial charge on any atom is -0.466 e. The number of aryl methyl sites for hydroxylation is 1. The number of carbonyl (C=O) groups is 2. The van der Waals surface area contributed by atoms with Crippen LogP contribution in [-0.4, -0.2) is 47.9 Å². The SMILES string of the molecule is COC(=O)C1=C(C(=O)OC)N(c2ccc(CS(=O)(=O)c3ccc(C)cc3)cc2)COC1. The van der Waals surface area contributed by atoms with Gasteiger partial charge in [-0.3, -0.25) is 0 Å². The average molecular weight is 445 g/mol. The Bertz CT molecular complexity index is 1100. The number of rotatable bonds is 6. The van der Waals surface area contributed by atoms with Gasteiger partial charge in [-0.05, 0) is 36.8 Å². The predicted octanol–water partition coefficient (Wildman–Crippen LogP) is 2.36. The first-order valence-corrected chi connectivity index (χ1v) is 11.1. The molecule has 1 aliphatic rings. The van der Waals surface area contributed by atoms with E-state index < -0.39 is 21.8 Å². The summed E-state index contributed by atoms with van der Waals surface area (Å²) < 4.78 is 40.4. The van der Waals surface area contributed by atoms with Gasteiger partial charge in [-0.1, -0.05) is 29.8 Å². The topological polar surface area (TPSA) is 99.2 Å². The molecule has 0 saturated carbocycles. The van der Waals surface area contributed by atoms with E-state index in [4.69, 9.17) is 14.2 Å². The fourth-order valence-corrected chi connectivity index (χ4v) is 4.52. The van der Waals surface area contributed by atoms with Gasteiger partial charge in [0.2, 0.25) is 0 Å². The van der Waals surface area contributed by atoms with Crippen LogP contribution in [0.25, 0.3) is 0 Å². The Kier molecular flexibility index (Phi) is 6.77. The third-order valence-corrected chi connectivity index (χ3v) is 6.52. The van der Waals surface area contributed by atoms with Crippen LogP contribution in [0.4, 0.5) is 5.69 Å². The van der Waals surface area contributed by atoms with E-state index in [1.807, 2.05) is 6.92 Å². The van der Waals surface area contributed by atoms with Gasteiger partial charge >= 0.3 is 11.9 Å². The van der Waals surface area contributed by atoms with Crippen molar-refractivity contribution in [1.29, 1.82) is 0 Å². The number of methoxy groups -OCH3 is 2. The van der Waals surface area contributed by atoms with Gasteiger partial charge in [0.1, 0.15) is 12.4 Å². The molecule has 164 valence electrons. The molecular formula is C22H23NO7S. The maximum atomic E-state index is 12.7. The number of anilines is 1. The van der Waals surface area contributed by atoms with Gasteiger partial charge in [-0.2, -0.15) is 0 Å². The van der Waals surface area contributed by atoms with Crippen LogP contribution in [0.1, 0.15) is 11.1 Å². The van der Waals surface area contributed by atoms with Crippen molar-refractivity contribution < 1.29 is 32.2 Å². The quantitative estimate of drug-likeness (QED) is 0.625. The van der Waals surface area contributed by atoms with E-state index in [0.717, 1.165) is 5.56 Å². The van der Waals surface area contributed by atoms with Crippen LogP contribution in [0.3, 0.4) is 0 Å². The van der Waals surface area contributed by atoms with Crippen LogP contribution in [0, 0.1) is 6.92 Å². The van der Waals surface area contributed by atoms with Crippen molar-refractivity contribution in [2.75, 3.05) is 32.5 Å². The Labute approximate surface area is 180 Å². The highest BCUT2D eigenvalue weighted by molar-refractivity contribution is 7.90. The Balaban J connectivity index is 1.88. The summed E-state index contributed by atoms with van der Waals surface area (Å²) in [7, 11) is -1.07. The lowest BCUT2D eigenvalue weighted by Crippen LogP contribution is -2.38. The van der Waals surface area contributed by atoms with Crippen LogP contribution in [0.5, 0.6) is 0 Å². The van der Waals surface area contributed by atoms with Gasteiger partial charge in [-0.25, -0.2) is 18.0 Å². The molecule has 0 N–H and O–H groups in total. The van der Waals surface area contributed by atoms with Crippen LogP contribution in [-0.2, 0) is 39.4 Å². The number of nitrogens with zero attached hydrogens (tertiary/aromatic N) is 1. The molecule has 0 atom stereocenters. The van der Waals surface area contributed by atoms with Crippen molar-refractivity contribution in [2.45, 2.75) is 17.6 Å². The van der Waals surface area contributed by atoms with Crippen LogP contribution >= 0.6 is 0 Å². The molecule has 2 aromatic rings. The van der Waals surface area contributed by atoms with Gasteiger partial charge in [-0.15, -0.1) is 0 Å². The lowest BCUT2D eigenvalue weighted by molar-refractivity contribution is -0.140. The third kappa shape index (κ3) is 4.95. The summed E-state index contributed by atoms with van der Waals surface area (Å²) in [6.07, 6.45) is 0. The smallest absolute Gasteiger partial charge is 0.355 e. The highest BCUT2D eigenvalue weighted by Crippen LogP contribution is 2.27. The van der Waals surface area contributed by atoms with Crippen LogP contribution in [0.2, 0.25) is 0 Å². The van der Waals surface area contributed by atoms with Gasteiger partial charge in [0.15, 0.2) is 9.84 Å². The number of hydrogen-bond donors (Lipinski definition) is 0. The summed E-state index contributed by atoms with van der Waals surface area (Å²) in [5, 5.41) is 0. The molecule has 8 nitrogen and oxygen atoms in total. The van der Waals surface area contributed by atoms with Crippen molar-refractivity contribution in [1.82, 2.24) is 0 Å². The second-order valence-corrected chi connectivity index (χ2v) is 8.94. The average Bonchev–Trinajstić information content (AvgIpc) is 2.78. The first kappa shape index (κ1) is 22.5. The number of hydrogen-bond acceptors (Lipinski definition) is 8. The summed E-state index contributed by atoms with van der Waals surface area (Å²) in [6, 6.07) is 13.3. The highest BCUT2D eigenvalue weighted by Gasteiger charge is 2.32. The molecule has 0 aromatic heterocycles. The summed E-state index contributed by atoms with van der Waals surface area (Å²) in [6.45, 7) is 1.83. The summed E-state index contributed by atoms with van der Waals surface area (Å²) in [5.41, 5.74) is 2.18. The van der Waals surface area contributed by atoms with Crippen LogP contribution in [0.15, 0.2) is 64.7 Å². The van der Waals surface area contributed by atoms with Crippen molar-refractivity contribution in [2.24, 2.45) is 0 Å². The molecule has 31 heavy (non-hydrogen) atoms. The van der Waals surface area contributed by atoms with E-state index in [2.05, 4.69) is 0 Å². The lowest BCUT2D eigenvalue weighted by atomic mass is 10.1. The monoisotopic (exact) mass is 445 g/mol. The molecule has 0 fully saturated rings.